The van der Waals surface area contributed by atoms with Crippen LogP contribution in [0.3, 0.4) is 0 Å². The smallest absolute Gasteiger partial charge is 0.309 e. The first-order valence-corrected chi connectivity index (χ1v) is 8.55. The van der Waals surface area contributed by atoms with Crippen LogP contribution in [0.1, 0.15) is 64.2 Å². The lowest BCUT2D eigenvalue weighted by molar-refractivity contribution is -0.148. The second-order valence-electron chi connectivity index (χ2n) is 6.69. The zero-order valence-electron chi connectivity index (χ0n) is 13.2. The van der Waals surface area contributed by atoms with E-state index in [-0.39, 0.29) is 23.7 Å². The number of ether oxygens (including phenoxy) is 1. The minimum absolute atomic E-state index is 0.0290. The summed E-state index contributed by atoms with van der Waals surface area (Å²) in [5, 5.41) is 3.06. The predicted molar refractivity (Wildman–Crippen MR) is 81.7 cm³/mol. The maximum atomic E-state index is 12.1. The van der Waals surface area contributed by atoms with Crippen molar-refractivity contribution in [1.29, 1.82) is 0 Å². The molecular formula is C17H29NO3. The van der Waals surface area contributed by atoms with Crippen LogP contribution in [-0.2, 0) is 14.3 Å². The van der Waals surface area contributed by atoms with Crippen LogP contribution in [0, 0.1) is 17.8 Å². The first-order valence-electron chi connectivity index (χ1n) is 8.55. The van der Waals surface area contributed by atoms with Gasteiger partial charge in [-0.05, 0) is 37.5 Å². The first-order chi connectivity index (χ1) is 10.2. The lowest BCUT2D eigenvalue weighted by atomic mass is 9.79. The molecule has 2 aliphatic carbocycles. The van der Waals surface area contributed by atoms with Gasteiger partial charge in [-0.15, -0.1) is 0 Å². The summed E-state index contributed by atoms with van der Waals surface area (Å²) in [7, 11) is 1.45. The van der Waals surface area contributed by atoms with Crippen molar-refractivity contribution in [3.05, 3.63) is 0 Å². The Morgan fingerprint density at radius 3 is 2.38 bits per heavy atom. The van der Waals surface area contributed by atoms with E-state index >= 15 is 0 Å². The molecule has 0 saturated heterocycles. The van der Waals surface area contributed by atoms with Gasteiger partial charge in [0, 0.05) is 13.0 Å². The Hall–Kier alpha value is -1.06. The second kappa shape index (κ2) is 8.40. The highest BCUT2D eigenvalue weighted by Crippen LogP contribution is 2.31. The summed E-state index contributed by atoms with van der Waals surface area (Å²) in [6.45, 7) is 0.630. The molecule has 0 spiro atoms. The molecule has 0 aromatic heterocycles. The van der Waals surface area contributed by atoms with Crippen molar-refractivity contribution in [2.24, 2.45) is 17.8 Å². The van der Waals surface area contributed by atoms with Gasteiger partial charge in [-0.1, -0.05) is 32.1 Å². The van der Waals surface area contributed by atoms with E-state index in [1.54, 1.807) is 0 Å². The fourth-order valence-corrected chi connectivity index (χ4v) is 3.88. The Balaban J connectivity index is 1.74. The average molecular weight is 295 g/mol. The van der Waals surface area contributed by atoms with Gasteiger partial charge in [0.05, 0.1) is 13.0 Å². The van der Waals surface area contributed by atoms with Crippen LogP contribution in [0.2, 0.25) is 0 Å². The summed E-state index contributed by atoms with van der Waals surface area (Å²) in [4.78, 5) is 23.9. The summed E-state index contributed by atoms with van der Waals surface area (Å²) in [5.41, 5.74) is 0. The monoisotopic (exact) mass is 295 g/mol. The van der Waals surface area contributed by atoms with Crippen molar-refractivity contribution in [3.8, 4) is 0 Å². The number of hydrogen-bond acceptors (Lipinski definition) is 3. The van der Waals surface area contributed by atoms with Crippen molar-refractivity contribution >= 4 is 11.9 Å². The van der Waals surface area contributed by atoms with Gasteiger partial charge in [-0.3, -0.25) is 9.59 Å². The minimum Gasteiger partial charge on any atom is -0.469 e. The van der Waals surface area contributed by atoms with E-state index < -0.39 is 0 Å². The number of carbonyl (C=O) groups is 2. The van der Waals surface area contributed by atoms with Crippen LogP contribution in [0.4, 0.5) is 0 Å². The third-order valence-electron chi connectivity index (χ3n) is 5.17. The highest BCUT2D eigenvalue weighted by Gasteiger charge is 2.31. The Labute approximate surface area is 128 Å². The molecule has 2 aliphatic rings. The Kier molecular flexibility index (Phi) is 6.52. The van der Waals surface area contributed by atoms with Crippen LogP contribution >= 0.6 is 0 Å². The highest BCUT2D eigenvalue weighted by molar-refractivity contribution is 5.76. The molecular weight excluding hydrogens is 266 g/mol. The maximum Gasteiger partial charge on any atom is 0.309 e. The molecule has 120 valence electrons. The van der Waals surface area contributed by atoms with Gasteiger partial charge in [0.1, 0.15) is 0 Å². The quantitative estimate of drug-likeness (QED) is 0.793. The van der Waals surface area contributed by atoms with E-state index in [4.69, 9.17) is 4.74 Å². The molecule has 0 aromatic rings. The van der Waals surface area contributed by atoms with Crippen molar-refractivity contribution in [1.82, 2.24) is 5.32 Å². The standard InChI is InChI=1S/C17H29NO3/c1-21-17(20)15-10-6-5-9-14(15)12-18-16(19)11-13-7-3-2-4-8-13/h13-15H,2-12H2,1H3,(H,18,19). The molecule has 2 atom stereocenters. The summed E-state index contributed by atoms with van der Waals surface area (Å²) in [5.74, 6) is 0.846. The zero-order chi connectivity index (χ0) is 15.1. The molecule has 4 nitrogen and oxygen atoms in total. The average Bonchev–Trinajstić information content (AvgIpc) is 2.53. The molecule has 2 saturated carbocycles. The van der Waals surface area contributed by atoms with Crippen molar-refractivity contribution in [2.75, 3.05) is 13.7 Å². The summed E-state index contributed by atoms with van der Waals surface area (Å²) in [6, 6.07) is 0. The number of carbonyl (C=O) groups excluding carboxylic acids is 2. The molecule has 1 N–H and O–H groups in total. The van der Waals surface area contributed by atoms with E-state index in [9.17, 15) is 9.59 Å². The minimum atomic E-state index is -0.110. The topological polar surface area (TPSA) is 55.4 Å². The normalized spacial score (nSPS) is 27.1. The van der Waals surface area contributed by atoms with Gasteiger partial charge in [-0.2, -0.15) is 0 Å². The molecule has 0 radical (unpaired) electrons. The van der Waals surface area contributed by atoms with E-state index in [1.807, 2.05) is 0 Å². The van der Waals surface area contributed by atoms with Crippen LogP contribution in [0.15, 0.2) is 0 Å². The predicted octanol–water partition coefficient (Wildman–Crippen LogP) is 3.05. The number of methoxy groups -OCH3 is 1. The van der Waals surface area contributed by atoms with Crippen molar-refractivity contribution < 1.29 is 14.3 Å². The molecule has 1 amide bonds. The van der Waals surface area contributed by atoms with Crippen molar-refractivity contribution in [2.45, 2.75) is 64.2 Å². The zero-order valence-corrected chi connectivity index (χ0v) is 13.2. The largest absolute Gasteiger partial charge is 0.469 e. The molecule has 21 heavy (non-hydrogen) atoms. The van der Waals surface area contributed by atoms with Crippen LogP contribution in [0.25, 0.3) is 0 Å². The number of hydrogen-bond donors (Lipinski definition) is 1. The summed E-state index contributed by atoms with van der Waals surface area (Å²) < 4.78 is 4.90. The molecule has 0 aromatic carbocycles. The van der Waals surface area contributed by atoms with Crippen molar-refractivity contribution in [3.63, 3.8) is 0 Å². The Bertz CT molecular complexity index is 350. The van der Waals surface area contributed by atoms with E-state index in [2.05, 4.69) is 5.32 Å². The number of esters is 1. The third-order valence-corrected chi connectivity index (χ3v) is 5.17. The SMILES string of the molecule is COC(=O)C1CCCCC1CNC(=O)CC1CCCCC1. The molecule has 0 heterocycles. The van der Waals surface area contributed by atoms with E-state index in [0.717, 1.165) is 25.7 Å². The summed E-state index contributed by atoms with van der Waals surface area (Å²) >= 11 is 0. The molecule has 4 heteroatoms. The lowest BCUT2D eigenvalue weighted by Gasteiger charge is -2.30. The highest BCUT2D eigenvalue weighted by atomic mass is 16.5. The van der Waals surface area contributed by atoms with Crippen LogP contribution < -0.4 is 5.32 Å². The Morgan fingerprint density at radius 2 is 1.67 bits per heavy atom. The molecule has 0 bridgehead atoms. The summed E-state index contributed by atoms with van der Waals surface area (Å²) in [6.07, 6.45) is 11.1. The van der Waals surface area contributed by atoms with Gasteiger partial charge in [-0.25, -0.2) is 0 Å². The number of rotatable bonds is 5. The fraction of sp³-hybridized carbons (Fsp3) is 0.882. The van der Waals surface area contributed by atoms with Gasteiger partial charge >= 0.3 is 5.97 Å². The number of nitrogens with one attached hydrogen (secondary N) is 1. The number of amides is 1. The van der Waals surface area contributed by atoms with Crippen LogP contribution in [0.5, 0.6) is 0 Å². The first kappa shape index (κ1) is 16.3. The van der Waals surface area contributed by atoms with Gasteiger partial charge in [0.25, 0.3) is 0 Å². The van der Waals surface area contributed by atoms with E-state index in [1.165, 1.54) is 39.2 Å². The molecule has 2 fully saturated rings. The third kappa shape index (κ3) is 5.01. The maximum absolute atomic E-state index is 12.1. The molecule has 0 aliphatic heterocycles. The van der Waals surface area contributed by atoms with Gasteiger partial charge < -0.3 is 10.1 Å². The lowest BCUT2D eigenvalue weighted by Crippen LogP contribution is -2.38. The molecule has 2 rings (SSSR count). The van der Waals surface area contributed by atoms with Gasteiger partial charge in [0.15, 0.2) is 0 Å². The van der Waals surface area contributed by atoms with E-state index in [0.29, 0.717) is 18.9 Å². The Morgan fingerprint density at radius 1 is 1.00 bits per heavy atom. The fourth-order valence-electron chi connectivity index (χ4n) is 3.88. The van der Waals surface area contributed by atoms with Crippen LogP contribution in [-0.4, -0.2) is 25.5 Å². The van der Waals surface area contributed by atoms with Gasteiger partial charge in [0.2, 0.25) is 5.91 Å². The molecule has 2 unspecified atom stereocenters. The second-order valence-corrected chi connectivity index (χ2v) is 6.69.